The van der Waals surface area contributed by atoms with E-state index in [1.807, 2.05) is 0 Å². The summed E-state index contributed by atoms with van der Waals surface area (Å²) in [6.07, 6.45) is 0. The molecule has 0 aliphatic carbocycles. The van der Waals surface area contributed by atoms with Gasteiger partial charge in [-0.25, -0.2) is 4.79 Å². The SMILES string of the molecule is CCOC(=O)c1ccc(-n2c(O)c(OC)c(C(=O)c3ccc(OC)cc3)c2-c2ccccc2Cl)cc1. The van der Waals surface area contributed by atoms with Crippen LogP contribution in [0.15, 0.2) is 72.8 Å². The van der Waals surface area contributed by atoms with E-state index in [-0.39, 0.29) is 29.6 Å². The maximum atomic E-state index is 13.8. The highest BCUT2D eigenvalue weighted by Crippen LogP contribution is 2.46. The number of carbonyl (C=O) groups excluding carboxylic acids is 2. The van der Waals surface area contributed by atoms with Crippen LogP contribution in [0.5, 0.6) is 17.4 Å². The lowest BCUT2D eigenvalue weighted by Gasteiger charge is -2.14. The number of nitrogens with zero attached hydrogens (tertiary/aromatic N) is 1. The molecule has 0 saturated heterocycles. The van der Waals surface area contributed by atoms with Crippen LogP contribution in [0.1, 0.15) is 33.2 Å². The zero-order valence-electron chi connectivity index (χ0n) is 19.9. The molecule has 1 N–H and O–H groups in total. The molecule has 0 aliphatic heterocycles. The lowest BCUT2D eigenvalue weighted by atomic mass is 9.99. The topological polar surface area (TPSA) is 87.0 Å². The van der Waals surface area contributed by atoms with E-state index in [0.717, 1.165) is 0 Å². The van der Waals surface area contributed by atoms with E-state index in [0.29, 0.717) is 38.8 Å². The smallest absolute Gasteiger partial charge is 0.338 e. The van der Waals surface area contributed by atoms with Gasteiger partial charge in [0.1, 0.15) is 5.75 Å². The number of hydrogen-bond donors (Lipinski definition) is 1. The van der Waals surface area contributed by atoms with Crippen molar-refractivity contribution in [1.82, 2.24) is 4.57 Å². The van der Waals surface area contributed by atoms with Crippen molar-refractivity contribution in [3.8, 4) is 34.3 Å². The second kappa shape index (κ2) is 10.6. The third-order valence-corrected chi connectivity index (χ3v) is 5.98. The van der Waals surface area contributed by atoms with Gasteiger partial charge in [-0.2, -0.15) is 0 Å². The largest absolute Gasteiger partial charge is 0.497 e. The Hall–Kier alpha value is -4.23. The number of esters is 1. The van der Waals surface area contributed by atoms with Gasteiger partial charge in [-0.1, -0.05) is 29.8 Å². The predicted molar refractivity (Wildman–Crippen MR) is 137 cm³/mol. The van der Waals surface area contributed by atoms with Crippen molar-refractivity contribution in [2.75, 3.05) is 20.8 Å². The molecule has 7 nitrogen and oxygen atoms in total. The molecule has 0 spiro atoms. The van der Waals surface area contributed by atoms with Crippen molar-refractivity contribution in [3.05, 3.63) is 94.5 Å². The third-order valence-electron chi connectivity index (χ3n) is 5.65. The van der Waals surface area contributed by atoms with E-state index in [2.05, 4.69) is 0 Å². The highest BCUT2D eigenvalue weighted by Gasteiger charge is 2.31. The summed E-state index contributed by atoms with van der Waals surface area (Å²) >= 11 is 6.56. The number of halogens is 1. The zero-order valence-corrected chi connectivity index (χ0v) is 20.7. The molecule has 0 fully saturated rings. The van der Waals surface area contributed by atoms with Gasteiger partial charge in [-0.15, -0.1) is 0 Å². The van der Waals surface area contributed by atoms with Gasteiger partial charge >= 0.3 is 5.97 Å². The van der Waals surface area contributed by atoms with Crippen molar-refractivity contribution in [1.29, 1.82) is 0 Å². The number of aromatic nitrogens is 1. The summed E-state index contributed by atoms with van der Waals surface area (Å²) in [4.78, 5) is 25.9. The molecule has 4 rings (SSSR count). The van der Waals surface area contributed by atoms with E-state index in [9.17, 15) is 14.7 Å². The standard InChI is InChI=1S/C28H24ClNO6/c1-4-36-28(33)18-9-13-19(14-10-18)30-24(21-7-5-6-8-22(21)29)23(26(35-3)27(30)32)25(31)17-11-15-20(34-2)16-12-17/h5-16,32H,4H2,1-3H3. The number of hydrogen-bond acceptors (Lipinski definition) is 6. The van der Waals surface area contributed by atoms with Crippen LogP contribution in [0.2, 0.25) is 5.02 Å². The molecule has 0 amide bonds. The Kier molecular flexibility index (Phi) is 7.31. The first-order chi connectivity index (χ1) is 17.4. The van der Waals surface area contributed by atoms with E-state index in [4.69, 9.17) is 25.8 Å². The third kappa shape index (κ3) is 4.53. The first-order valence-electron chi connectivity index (χ1n) is 11.1. The second-order valence-electron chi connectivity index (χ2n) is 7.72. The molecule has 4 aromatic rings. The van der Waals surface area contributed by atoms with E-state index >= 15 is 0 Å². The molecule has 0 radical (unpaired) electrons. The Morgan fingerprint density at radius 3 is 2.11 bits per heavy atom. The number of benzene rings is 3. The average molecular weight is 506 g/mol. The lowest BCUT2D eigenvalue weighted by Crippen LogP contribution is -2.07. The van der Waals surface area contributed by atoms with Crippen LogP contribution >= 0.6 is 11.6 Å². The first-order valence-corrected chi connectivity index (χ1v) is 11.5. The molecular formula is C28H24ClNO6. The van der Waals surface area contributed by atoms with Crippen LogP contribution in [0.3, 0.4) is 0 Å². The van der Waals surface area contributed by atoms with Crippen molar-refractivity contribution >= 4 is 23.4 Å². The maximum absolute atomic E-state index is 13.8. The minimum Gasteiger partial charge on any atom is -0.497 e. The molecule has 0 unspecified atom stereocenters. The van der Waals surface area contributed by atoms with Crippen molar-refractivity contribution in [2.45, 2.75) is 6.92 Å². The lowest BCUT2D eigenvalue weighted by molar-refractivity contribution is 0.0526. The molecule has 0 saturated carbocycles. The second-order valence-corrected chi connectivity index (χ2v) is 8.13. The summed E-state index contributed by atoms with van der Waals surface area (Å²) in [5.74, 6) is -0.512. The highest BCUT2D eigenvalue weighted by atomic mass is 35.5. The van der Waals surface area contributed by atoms with Gasteiger partial charge in [0.05, 0.1) is 37.6 Å². The Balaban J connectivity index is 1.97. The van der Waals surface area contributed by atoms with Gasteiger partial charge in [-0.3, -0.25) is 9.36 Å². The maximum Gasteiger partial charge on any atom is 0.338 e. The molecule has 8 heteroatoms. The molecule has 36 heavy (non-hydrogen) atoms. The Morgan fingerprint density at radius 2 is 1.53 bits per heavy atom. The number of methoxy groups -OCH3 is 2. The van der Waals surface area contributed by atoms with Gasteiger partial charge in [0.2, 0.25) is 5.88 Å². The average Bonchev–Trinajstić information content (AvgIpc) is 3.20. The molecule has 184 valence electrons. The van der Waals surface area contributed by atoms with Gasteiger partial charge in [0.25, 0.3) is 0 Å². The Labute approximate surface area is 213 Å². The number of rotatable bonds is 8. The Morgan fingerprint density at radius 1 is 0.889 bits per heavy atom. The van der Waals surface area contributed by atoms with Gasteiger partial charge < -0.3 is 19.3 Å². The predicted octanol–water partition coefficient (Wildman–Crippen LogP) is 5.93. The normalized spacial score (nSPS) is 10.7. The molecule has 0 aliphatic rings. The van der Waals surface area contributed by atoms with Crippen LogP contribution in [0.25, 0.3) is 16.9 Å². The van der Waals surface area contributed by atoms with E-state index in [1.165, 1.54) is 11.7 Å². The van der Waals surface area contributed by atoms with Crippen LogP contribution in [-0.4, -0.2) is 42.3 Å². The van der Waals surface area contributed by atoms with Crippen LogP contribution in [0.4, 0.5) is 0 Å². The summed E-state index contributed by atoms with van der Waals surface area (Å²) in [7, 11) is 2.92. The van der Waals surface area contributed by atoms with Crippen molar-refractivity contribution < 1.29 is 28.9 Å². The fourth-order valence-electron chi connectivity index (χ4n) is 3.95. The number of carbonyl (C=O) groups is 2. The van der Waals surface area contributed by atoms with Crippen LogP contribution in [-0.2, 0) is 4.74 Å². The first kappa shape index (κ1) is 24.9. The fourth-order valence-corrected chi connectivity index (χ4v) is 4.18. The van der Waals surface area contributed by atoms with Crippen molar-refractivity contribution in [3.63, 3.8) is 0 Å². The number of ether oxygens (including phenoxy) is 3. The summed E-state index contributed by atoms with van der Waals surface area (Å²) < 4.78 is 17.3. The monoisotopic (exact) mass is 505 g/mol. The number of aromatic hydroxyl groups is 1. The van der Waals surface area contributed by atoms with Gasteiger partial charge in [0.15, 0.2) is 11.5 Å². The minimum absolute atomic E-state index is 0.000192. The van der Waals surface area contributed by atoms with Crippen molar-refractivity contribution in [2.24, 2.45) is 0 Å². The Bertz CT molecular complexity index is 1410. The molecule has 1 aromatic heterocycles. The summed E-state index contributed by atoms with van der Waals surface area (Å²) in [6.45, 7) is 1.98. The summed E-state index contributed by atoms with van der Waals surface area (Å²) in [5.41, 5.74) is 2.22. The molecule has 0 bridgehead atoms. The molecule has 3 aromatic carbocycles. The fraction of sp³-hybridized carbons (Fsp3) is 0.143. The van der Waals surface area contributed by atoms with E-state index < -0.39 is 5.97 Å². The number of ketones is 1. The van der Waals surface area contributed by atoms with Gasteiger partial charge in [0, 0.05) is 21.8 Å². The zero-order chi connectivity index (χ0) is 25.8. The highest BCUT2D eigenvalue weighted by molar-refractivity contribution is 6.33. The summed E-state index contributed by atoms with van der Waals surface area (Å²) in [6, 6.07) is 20.1. The van der Waals surface area contributed by atoms with Crippen LogP contribution in [0, 0.1) is 0 Å². The summed E-state index contributed by atoms with van der Waals surface area (Å²) in [5, 5.41) is 11.6. The molecule has 0 atom stereocenters. The van der Waals surface area contributed by atoms with E-state index in [1.54, 1.807) is 86.8 Å². The van der Waals surface area contributed by atoms with Crippen LogP contribution < -0.4 is 9.47 Å². The minimum atomic E-state index is -0.458. The van der Waals surface area contributed by atoms with Gasteiger partial charge in [-0.05, 0) is 61.5 Å². The molecular weight excluding hydrogens is 482 g/mol. The molecule has 1 heterocycles. The quantitative estimate of drug-likeness (QED) is 0.236.